The molecule has 1 spiro atoms. The van der Waals surface area contributed by atoms with E-state index in [1.807, 2.05) is 0 Å². The first kappa shape index (κ1) is 17.1. The van der Waals surface area contributed by atoms with Crippen LogP contribution in [0.2, 0.25) is 0 Å². The lowest BCUT2D eigenvalue weighted by molar-refractivity contribution is -0.118. The van der Waals surface area contributed by atoms with E-state index < -0.39 is 17.5 Å². The lowest BCUT2D eigenvalue weighted by Gasteiger charge is -2.36. The van der Waals surface area contributed by atoms with Crippen LogP contribution in [0.1, 0.15) is 32.6 Å². The molecule has 143 valence electrons. The summed E-state index contributed by atoms with van der Waals surface area (Å²) >= 11 is 0. The average molecular weight is 388 g/mol. The van der Waals surface area contributed by atoms with Crippen LogP contribution in [0.5, 0.6) is 23.0 Å². The van der Waals surface area contributed by atoms with E-state index in [1.165, 1.54) is 24.3 Å². The van der Waals surface area contributed by atoms with Gasteiger partial charge in [-0.15, -0.1) is 0 Å². The Bertz CT molecular complexity index is 1160. The molecule has 29 heavy (non-hydrogen) atoms. The number of amides is 1. The van der Waals surface area contributed by atoms with Gasteiger partial charge in [0.1, 0.15) is 23.0 Å². The fraction of sp³-hybridized carbons (Fsp3) is 0.0909. The molecule has 2 aliphatic heterocycles. The number of hydrogen-bond donors (Lipinski definition) is 2. The van der Waals surface area contributed by atoms with E-state index in [2.05, 4.69) is 0 Å². The Kier molecular flexibility index (Phi) is 3.39. The zero-order valence-corrected chi connectivity index (χ0v) is 14.9. The van der Waals surface area contributed by atoms with Crippen molar-refractivity contribution >= 4 is 11.9 Å². The second kappa shape index (κ2) is 5.75. The van der Waals surface area contributed by atoms with Gasteiger partial charge >= 0.3 is 5.97 Å². The van der Waals surface area contributed by atoms with E-state index in [0.717, 1.165) is 0 Å². The number of rotatable bonds is 2. The van der Waals surface area contributed by atoms with Crippen LogP contribution in [-0.2, 0) is 21.6 Å². The molecule has 0 atom stereocenters. The highest BCUT2D eigenvalue weighted by atomic mass is 16.6. The molecule has 0 aliphatic carbocycles. The van der Waals surface area contributed by atoms with Gasteiger partial charge in [-0.05, 0) is 29.8 Å². The highest BCUT2D eigenvalue weighted by molar-refractivity contribution is 5.99. The number of phenolic OH excluding ortho intramolecular Hbond substituents is 2. The quantitative estimate of drug-likeness (QED) is 0.652. The normalized spacial score (nSPS) is 15.1. The third-order valence-electron chi connectivity index (χ3n) is 5.24. The number of nitrogens with one attached hydrogen (secondary N) is 1. The Hall–Kier alpha value is -4.00. The number of esters is 1. The second-order valence-electron chi connectivity index (χ2n) is 6.97. The molecule has 2 aliphatic rings. The molecule has 1 amide bonds. The zero-order valence-electron chi connectivity index (χ0n) is 14.9. The molecule has 7 heteroatoms. The number of carbonyl (C=O) groups excluding carboxylic acids is 2. The summed E-state index contributed by atoms with van der Waals surface area (Å²) in [5.74, 6) is -0.913. The molecule has 0 saturated heterocycles. The van der Waals surface area contributed by atoms with Crippen molar-refractivity contribution < 1.29 is 29.3 Å². The first-order chi connectivity index (χ1) is 13.9. The van der Waals surface area contributed by atoms with Crippen LogP contribution >= 0.6 is 0 Å². The fourth-order valence-corrected chi connectivity index (χ4v) is 4.14. The van der Waals surface area contributed by atoms with Gasteiger partial charge in [0.25, 0.3) is 0 Å². The van der Waals surface area contributed by atoms with E-state index in [4.69, 9.17) is 15.2 Å². The summed E-state index contributed by atoms with van der Waals surface area (Å²) in [5, 5.41) is 19.8. The number of phenols is 2. The van der Waals surface area contributed by atoms with Crippen LogP contribution in [-0.4, -0.2) is 22.1 Å². The Morgan fingerprint density at radius 3 is 2.14 bits per heavy atom. The van der Waals surface area contributed by atoms with Crippen LogP contribution in [0.15, 0.2) is 54.6 Å². The summed E-state index contributed by atoms with van der Waals surface area (Å²) in [6.45, 7) is 0. The smallest absolute Gasteiger partial charge is 0.340 e. The van der Waals surface area contributed by atoms with Crippen molar-refractivity contribution in [3.8, 4) is 23.0 Å². The van der Waals surface area contributed by atoms with Crippen LogP contribution in [0.25, 0.3) is 0 Å². The van der Waals surface area contributed by atoms with Crippen molar-refractivity contribution in [2.45, 2.75) is 12.0 Å². The van der Waals surface area contributed by atoms with Gasteiger partial charge in [-0.25, -0.2) is 4.79 Å². The van der Waals surface area contributed by atoms with Crippen molar-refractivity contribution in [3.63, 3.8) is 0 Å². The van der Waals surface area contributed by atoms with Gasteiger partial charge in [-0.3, -0.25) is 10.5 Å². The van der Waals surface area contributed by atoms with Gasteiger partial charge in [-0.2, -0.15) is 0 Å². The summed E-state index contributed by atoms with van der Waals surface area (Å²) in [5.41, 5.74) is 8.12. The molecule has 3 aromatic rings. The van der Waals surface area contributed by atoms with Crippen LogP contribution in [0, 0.1) is 0 Å². The summed E-state index contributed by atoms with van der Waals surface area (Å²) in [7, 11) is 0. The first-order valence-corrected chi connectivity index (χ1v) is 8.85. The number of carbonyl (C=O) groups is 2. The molecule has 0 fully saturated rings. The SMILES string of the molecule is [NH]C(=O)Cc1cccc2c1C(=O)OC21c2ccc(O)cc2Oc2cc(O)ccc21. The molecule has 5 rings (SSSR count). The minimum absolute atomic E-state index is 0.0272. The molecule has 0 unspecified atom stereocenters. The number of aromatic hydroxyl groups is 2. The molecule has 0 saturated carbocycles. The monoisotopic (exact) mass is 388 g/mol. The Labute approximate surface area is 164 Å². The van der Waals surface area contributed by atoms with E-state index >= 15 is 0 Å². The van der Waals surface area contributed by atoms with E-state index in [9.17, 15) is 19.8 Å². The highest BCUT2D eigenvalue weighted by Gasteiger charge is 2.54. The molecular weight excluding hydrogens is 374 g/mol. The second-order valence-corrected chi connectivity index (χ2v) is 6.97. The molecule has 0 bridgehead atoms. The zero-order chi connectivity index (χ0) is 20.3. The van der Waals surface area contributed by atoms with Crippen LogP contribution < -0.4 is 10.5 Å². The standard InChI is InChI=1S/C22H14NO6/c23-19(26)8-11-2-1-3-16-20(11)21(27)29-22(16)14-6-4-12(24)9-17(14)28-18-10-13(25)5-7-15(18)22/h1-7,9-10,23-25H,8H2. The lowest BCUT2D eigenvalue weighted by atomic mass is 9.77. The summed E-state index contributed by atoms with van der Waals surface area (Å²) in [6.07, 6.45) is -0.213. The summed E-state index contributed by atoms with van der Waals surface area (Å²) in [4.78, 5) is 24.4. The molecule has 1 radical (unpaired) electrons. The number of hydrogen-bond acceptors (Lipinski definition) is 6. The van der Waals surface area contributed by atoms with Gasteiger partial charge < -0.3 is 19.7 Å². The van der Waals surface area contributed by atoms with Gasteiger partial charge in [0.05, 0.1) is 12.0 Å². The maximum Gasteiger partial charge on any atom is 0.340 e. The van der Waals surface area contributed by atoms with Gasteiger partial charge in [0.2, 0.25) is 5.91 Å². The van der Waals surface area contributed by atoms with E-state index in [0.29, 0.717) is 22.3 Å². The maximum atomic E-state index is 13.0. The topological polar surface area (TPSA) is 117 Å². The predicted molar refractivity (Wildman–Crippen MR) is 99.8 cm³/mol. The molecule has 7 nitrogen and oxygen atoms in total. The fourth-order valence-electron chi connectivity index (χ4n) is 4.14. The molecule has 3 N–H and O–H groups in total. The van der Waals surface area contributed by atoms with Crippen molar-refractivity contribution in [1.29, 1.82) is 0 Å². The predicted octanol–water partition coefficient (Wildman–Crippen LogP) is 3.02. The minimum atomic E-state index is -1.36. The lowest BCUT2D eigenvalue weighted by Crippen LogP contribution is -2.32. The van der Waals surface area contributed by atoms with Crippen molar-refractivity contribution in [1.82, 2.24) is 5.73 Å². The van der Waals surface area contributed by atoms with Crippen LogP contribution in [0.4, 0.5) is 0 Å². The number of ether oxygens (including phenoxy) is 2. The third kappa shape index (κ3) is 2.30. The van der Waals surface area contributed by atoms with Crippen molar-refractivity contribution in [3.05, 3.63) is 82.4 Å². The Morgan fingerprint density at radius 1 is 0.931 bits per heavy atom. The van der Waals surface area contributed by atoms with Crippen molar-refractivity contribution in [2.75, 3.05) is 0 Å². The number of benzene rings is 3. The minimum Gasteiger partial charge on any atom is -0.508 e. The molecule has 0 aromatic heterocycles. The molecular formula is C22H14NO6. The largest absolute Gasteiger partial charge is 0.508 e. The summed E-state index contributed by atoms with van der Waals surface area (Å²) < 4.78 is 11.8. The third-order valence-corrected chi connectivity index (χ3v) is 5.24. The van der Waals surface area contributed by atoms with Gasteiger partial charge in [0.15, 0.2) is 5.60 Å². The van der Waals surface area contributed by atoms with Gasteiger partial charge in [0, 0.05) is 28.8 Å². The molecule has 2 heterocycles. The van der Waals surface area contributed by atoms with E-state index in [1.54, 1.807) is 30.3 Å². The summed E-state index contributed by atoms with van der Waals surface area (Å²) in [6, 6.07) is 14.1. The molecule has 3 aromatic carbocycles. The van der Waals surface area contributed by atoms with Crippen LogP contribution in [0.3, 0.4) is 0 Å². The first-order valence-electron chi connectivity index (χ1n) is 8.85. The van der Waals surface area contributed by atoms with E-state index in [-0.39, 0.29) is 35.0 Å². The Balaban J connectivity index is 1.86. The van der Waals surface area contributed by atoms with Crippen molar-refractivity contribution in [2.24, 2.45) is 0 Å². The van der Waals surface area contributed by atoms with Gasteiger partial charge in [-0.1, -0.05) is 18.2 Å². The number of fused-ring (bicyclic) bond motifs is 6. The Morgan fingerprint density at radius 2 is 1.55 bits per heavy atom. The highest BCUT2D eigenvalue weighted by Crippen LogP contribution is 2.57. The average Bonchev–Trinajstić information content (AvgIpc) is 2.95. The maximum absolute atomic E-state index is 13.0.